The zero-order valence-corrected chi connectivity index (χ0v) is 60.0. The number of hydrogen-bond acceptors (Lipinski definition) is 19. The van der Waals surface area contributed by atoms with E-state index in [-0.39, 0.29) is 66.1 Å². The molecule has 0 aromatic heterocycles. The van der Waals surface area contributed by atoms with Gasteiger partial charge in [-0.2, -0.15) is 0 Å². The van der Waals surface area contributed by atoms with E-state index in [1.54, 1.807) is 0 Å². The third-order valence-corrected chi connectivity index (χ3v) is 14.1. The van der Waals surface area contributed by atoms with Crippen molar-refractivity contribution in [1.82, 2.24) is 0 Å². The molecule has 94 heavy (non-hydrogen) atoms. The van der Waals surface area contributed by atoms with E-state index in [0.29, 0.717) is 25.7 Å². The molecule has 0 rings (SSSR count). The minimum Gasteiger partial charge on any atom is -0.481 e. The van der Waals surface area contributed by atoms with E-state index in [9.17, 15) is 19.2 Å². The summed E-state index contributed by atoms with van der Waals surface area (Å²) >= 11 is 0. The number of aliphatic hydroxyl groups excluding tert-OH is 15. The first-order chi connectivity index (χ1) is 45.1. The molecule has 0 aliphatic rings. The van der Waals surface area contributed by atoms with Crippen molar-refractivity contribution in [2.24, 2.45) is 0 Å². The van der Waals surface area contributed by atoms with Crippen molar-refractivity contribution in [2.75, 3.05) is 66.1 Å². The largest absolute Gasteiger partial charge is 0.481 e. The molecular weight excluding hydrogens is 1220 g/mol. The second-order valence-electron chi connectivity index (χ2n) is 23.8. The van der Waals surface area contributed by atoms with Gasteiger partial charge in [-0.05, 0) is 25.7 Å². The highest BCUT2D eigenvalue weighted by Gasteiger charge is 2.02. The maximum absolute atomic E-state index is 10.3. The first-order valence-electron chi connectivity index (χ1n) is 36.5. The van der Waals surface area contributed by atoms with Gasteiger partial charge in [0.2, 0.25) is 0 Å². The maximum Gasteiger partial charge on any atom is 0.303 e. The Morgan fingerprint density at radius 3 is 0.330 bits per heavy atom. The molecule has 0 spiro atoms. The third-order valence-electron chi connectivity index (χ3n) is 14.1. The van der Waals surface area contributed by atoms with Gasteiger partial charge in [-0.25, -0.2) is 0 Å². The van der Waals surface area contributed by atoms with Crippen LogP contribution in [0.3, 0.4) is 0 Å². The summed E-state index contributed by atoms with van der Waals surface area (Å²) in [4.78, 5) is 41.0. The third kappa shape index (κ3) is 145. The minimum atomic E-state index is -0.954. The fourth-order valence-corrected chi connectivity index (χ4v) is 8.05. The number of aliphatic hydroxyl groups is 15. The van der Waals surface area contributed by atoms with Crippen molar-refractivity contribution in [2.45, 2.75) is 366 Å². The Morgan fingerprint density at radius 2 is 0.266 bits per heavy atom. The van der Waals surface area contributed by atoms with Crippen LogP contribution in [0.2, 0.25) is 0 Å². The van der Waals surface area contributed by atoms with Crippen LogP contribution >= 0.6 is 0 Å². The van der Waals surface area contributed by atoms with Crippen LogP contribution in [0.15, 0.2) is 0 Å². The highest BCUT2D eigenvalue weighted by atomic mass is 16.4. The molecular formula is C71H152O23. The van der Waals surface area contributed by atoms with Crippen LogP contribution in [0.4, 0.5) is 0 Å². The quantitative estimate of drug-likeness (QED) is 0.0252. The fourth-order valence-electron chi connectivity index (χ4n) is 8.05. The van der Waals surface area contributed by atoms with Gasteiger partial charge in [-0.1, -0.05) is 285 Å². The van der Waals surface area contributed by atoms with Gasteiger partial charge in [0.1, 0.15) is 30.5 Å². The lowest BCUT2D eigenvalue weighted by Crippen LogP contribution is -2.15. The van der Waals surface area contributed by atoms with Crippen LogP contribution in [0.5, 0.6) is 0 Å². The number of rotatable bonds is 58. The van der Waals surface area contributed by atoms with Gasteiger partial charge in [0.15, 0.2) is 0 Å². The van der Waals surface area contributed by atoms with Gasteiger partial charge in [-0.3, -0.25) is 19.2 Å². The molecule has 0 aromatic carbocycles. The molecule has 0 aliphatic carbocycles. The van der Waals surface area contributed by atoms with Crippen molar-refractivity contribution in [3.63, 3.8) is 0 Å². The van der Waals surface area contributed by atoms with Crippen molar-refractivity contribution in [3.8, 4) is 0 Å². The number of unbranched alkanes of at least 4 members (excludes halogenated alkanes) is 40. The van der Waals surface area contributed by atoms with Crippen LogP contribution in [0, 0.1) is 0 Å². The highest BCUT2D eigenvalue weighted by molar-refractivity contribution is 5.67. The lowest BCUT2D eigenvalue weighted by molar-refractivity contribution is -0.138. The first-order valence-corrected chi connectivity index (χ1v) is 36.5. The zero-order chi connectivity index (χ0) is 73.2. The Morgan fingerprint density at radius 1 is 0.181 bits per heavy atom. The van der Waals surface area contributed by atoms with Crippen molar-refractivity contribution >= 4 is 23.9 Å². The summed E-state index contributed by atoms with van der Waals surface area (Å²) in [6, 6.07) is 0. The number of carboxylic acid groups (broad SMARTS) is 4. The van der Waals surface area contributed by atoms with Gasteiger partial charge in [0.25, 0.3) is 0 Å². The van der Waals surface area contributed by atoms with Crippen molar-refractivity contribution in [1.29, 1.82) is 0 Å². The molecule has 0 amide bonds. The number of carboxylic acids is 4. The van der Waals surface area contributed by atoms with Crippen molar-refractivity contribution in [3.05, 3.63) is 0 Å². The summed E-state index contributed by atoms with van der Waals surface area (Å²) in [5.74, 6) is -2.63. The molecule has 19 N–H and O–H groups in total. The molecule has 0 unspecified atom stereocenters. The monoisotopic (exact) mass is 1370 g/mol. The zero-order valence-electron chi connectivity index (χ0n) is 60.0. The lowest BCUT2D eigenvalue weighted by Gasteiger charge is -2.01. The van der Waals surface area contributed by atoms with Gasteiger partial charge >= 0.3 is 23.9 Å². The molecule has 0 radical (unpaired) electrons. The molecule has 0 fully saturated rings. The Balaban J connectivity index is -0.000000128. The van der Waals surface area contributed by atoms with Gasteiger partial charge in [0.05, 0.1) is 66.1 Å². The molecule has 0 heterocycles. The Labute approximate surface area is 570 Å². The Hall–Kier alpha value is -2.72. The molecule has 23 heteroatoms. The van der Waals surface area contributed by atoms with Crippen molar-refractivity contribution < 1.29 is 116 Å². The summed E-state index contributed by atoms with van der Waals surface area (Å²) < 4.78 is 0. The second-order valence-corrected chi connectivity index (χ2v) is 23.8. The highest BCUT2D eigenvalue weighted by Crippen LogP contribution is 2.15. The maximum atomic E-state index is 10.3. The normalized spacial score (nSPS) is 10.4. The van der Waals surface area contributed by atoms with Crippen LogP contribution in [-0.2, 0) is 19.2 Å². The average Bonchev–Trinajstić information content (AvgIpc) is 3.59. The Bertz CT molecular complexity index is 1120. The molecule has 0 saturated heterocycles. The standard InChI is InChI=1S/4C14H28O2.5C3H8O3/c4*1-2-3-4-5-6-7-8-9-10-11-12-13-14(15)16;5*4-1-3(6)2-5/h4*2-13H2,1H3,(H,15,16);5*3-6H,1-2H2. The topological polar surface area (TPSA) is 453 Å². The summed E-state index contributed by atoms with van der Waals surface area (Å²) in [6.07, 6.45) is 52.7. The van der Waals surface area contributed by atoms with E-state index >= 15 is 0 Å². The van der Waals surface area contributed by atoms with Crippen LogP contribution in [-0.4, -0.2) is 217 Å². The average molecular weight is 1370 g/mol. The molecule has 23 nitrogen and oxygen atoms in total. The molecule has 0 bridgehead atoms. The van der Waals surface area contributed by atoms with Gasteiger partial charge in [0, 0.05) is 25.7 Å². The van der Waals surface area contributed by atoms with E-state index in [1.165, 1.54) is 231 Å². The number of hydrogen-bond donors (Lipinski definition) is 19. The predicted molar refractivity (Wildman–Crippen MR) is 376 cm³/mol. The summed E-state index contributed by atoms with van der Waals surface area (Å²) in [6.45, 7) is 5.34. The molecule has 0 aromatic rings. The van der Waals surface area contributed by atoms with Crippen LogP contribution in [0.25, 0.3) is 0 Å². The van der Waals surface area contributed by atoms with Gasteiger partial charge in [-0.15, -0.1) is 0 Å². The minimum absolute atomic E-state index is 0.344. The summed E-state index contributed by atoms with van der Waals surface area (Å²) in [7, 11) is 0. The van der Waals surface area contributed by atoms with Crippen LogP contribution < -0.4 is 0 Å². The molecule has 0 saturated carbocycles. The molecule has 0 atom stereocenters. The number of aliphatic carboxylic acids is 4. The van der Waals surface area contributed by atoms with E-state index in [0.717, 1.165) is 51.4 Å². The Kier molecular flexibility index (Phi) is 124. The summed E-state index contributed by atoms with van der Waals surface area (Å²) in [5, 5.41) is 154. The molecule has 0 aliphatic heterocycles. The van der Waals surface area contributed by atoms with Crippen LogP contribution in [0.1, 0.15) is 336 Å². The molecule has 574 valence electrons. The van der Waals surface area contributed by atoms with Gasteiger partial charge < -0.3 is 97.0 Å². The van der Waals surface area contributed by atoms with E-state index in [2.05, 4.69) is 27.7 Å². The first kappa shape index (κ1) is 110. The van der Waals surface area contributed by atoms with E-state index < -0.39 is 54.4 Å². The fraction of sp³-hybridized carbons (Fsp3) is 0.944. The second kappa shape index (κ2) is 106. The summed E-state index contributed by atoms with van der Waals surface area (Å²) in [5.41, 5.74) is 0. The number of carbonyl (C=O) groups is 4. The SMILES string of the molecule is CCCCCCCCCCCCCC(=O)O.CCCCCCCCCCCCCC(=O)O.CCCCCCCCCCCCCC(=O)O.CCCCCCCCCCCCCC(=O)O.OCC(O)CO.OCC(O)CO.OCC(O)CO.OCC(O)CO.OCC(O)CO. The smallest absolute Gasteiger partial charge is 0.303 e. The lowest BCUT2D eigenvalue weighted by atomic mass is 10.1. The predicted octanol–water partition coefficient (Wildman–Crippen LogP) is 10.7. The van der Waals surface area contributed by atoms with E-state index in [4.69, 9.17) is 97.0 Å². The van der Waals surface area contributed by atoms with E-state index in [1.807, 2.05) is 0 Å².